The average molecular weight is 328 g/mol. The van der Waals surface area contributed by atoms with Gasteiger partial charge in [-0.3, -0.25) is 4.79 Å². The molecule has 2 bridgehead atoms. The Morgan fingerprint density at radius 2 is 1.92 bits per heavy atom. The van der Waals surface area contributed by atoms with E-state index in [0.717, 1.165) is 55.9 Å². The number of nitrogens with zero attached hydrogens (tertiary/aromatic N) is 2. The molecule has 1 saturated heterocycles. The number of anilines is 1. The molecule has 3 aliphatic rings. The van der Waals surface area contributed by atoms with E-state index in [-0.39, 0.29) is 0 Å². The van der Waals surface area contributed by atoms with Crippen molar-refractivity contribution in [1.82, 2.24) is 4.90 Å². The normalized spacial score (nSPS) is 29.1. The Labute approximate surface area is 144 Å². The van der Waals surface area contributed by atoms with Gasteiger partial charge in [0, 0.05) is 32.6 Å². The van der Waals surface area contributed by atoms with Crippen LogP contribution in [0.5, 0.6) is 5.75 Å². The van der Waals surface area contributed by atoms with Crippen molar-refractivity contribution < 1.29 is 9.53 Å². The molecule has 1 amide bonds. The molecule has 4 heteroatoms. The third-order valence-corrected chi connectivity index (χ3v) is 6.38. The smallest absolute Gasteiger partial charge is 0.222 e. The standard InChI is InChI=1S/C20H28N2O2/c1-24-19-5-3-2-4-18(19)21-8-10-22(11-9-21)20(23)14-17-13-15-6-7-16(17)12-15/h2-5,15-17H,6-14H2,1H3/t15-,16+,17+/m0/s1. The summed E-state index contributed by atoms with van der Waals surface area (Å²) < 4.78 is 5.47. The molecule has 3 atom stereocenters. The number of methoxy groups -OCH3 is 1. The molecule has 1 aromatic rings. The Morgan fingerprint density at radius 1 is 1.12 bits per heavy atom. The highest BCUT2D eigenvalue weighted by Crippen LogP contribution is 2.49. The lowest BCUT2D eigenvalue weighted by atomic mass is 9.86. The van der Waals surface area contributed by atoms with Crippen LogP contribution >= 0.6 is 0 Å². The first-order chi connectivity index (χ1) is 11.7. The Morgan fingerprint density at radius 3 is 2.58 bits per heavy atom. The number of amides is 1. The molecule has 0 radical (unpaired) electrons. The van der Waals surface area contributed by atoms with Crippen molar-refractivity contribution in [2.24, 2.45) is 17.8 Å². The van der Waals surface area contributed by atoms with Crippen molar-refractivity contribution in [2.75, 3.05) is 38.2 Å². The maximum Gasteiger partial charge on any atom is 0.222 e. The molecule has 24 heavy (non-hydrogen) atoms. The van der Waals surface area contributed by atoms with Crippen LogP contribution in [0.2, 0.25) is 0 Å². The molecule has 130 valence electrons. The van der Waals surface area contributed by atoms with E-state index >= 15 is 0 Å². The maximum atomic E-state index is 12.7. The molecule has 0 unspecified atom stereocenters. The number of hydrogen-bond donors (Lipinski definition) is 0. The molecule has 4 nitrogen and oxygen atoms in total. The highest BCUT2D eigenvalue weighted by molar-refractivity contribution is 5.77. The van der Waals surface area contributed by atoms with Gasteiger partial charge in [-0.1, -0.05) is 18.6 Å². The maximum absolute atomic E-state index is 12.7. The minimum Gasteiger partial charge on any atom is -0.495 e. The van der Waals surface area contributed by atoms with Gasteiger partial charge in [0.25, 0.3) is 0 Å². The molecule has 1 aromatic carbocycles. The largest absolute Gasteiger partial charge is 0.495 e. The van der Waals surface area contributed by atoms with Crippen LogP contribution in [0.15, 0.2) is 24.3 Å². The second-order valence-corrected chi connectivity index (χ2v) is 7.68. The number of carbonyl (C=O) groups is 1. The number of carbonyl (C=O) groups excluding carboxylic acids is 1. The van der Waals surface area contributed by atoms with Crippen LogP contribution in [0.4, 0.5) is 5.69 Å². The fourth-order valence-corrected chi connectivity index (χ4v) is 5.07. The monoisotopic (exact) mass is 328 g/mol. The van der Waals surface area contributed by atoms with Crippen LogP contribution in [-0.2, 0) is 4.79 Å². The molecule has 4 rings (SSSR count). The van der Waals surface area contributed by atoms with E-state index in [9.17, 15) is 4.79 Å². The fourth-order valence-electron chi connectivity index (χ4n) is 5.07. The summed E-state index contributed by atoms with van der Waals surface area (Å²) in [5.41, 5.74) is 1.14. The van der Waals surface area contributed by atoms with Gasteiger partial charge >= 0.3 is 0 Å². The van der Waals surface area contributed by atoms with Crippen LogP contribution in [0.1, 0.15) is 32.1 Å². The minimum atomic E-state index is 0.382. The molecular formula is C20H28N2O2. The molecule has 1 aliphatic heterocycles. The first-order valence-corrected chi connectivity index (χ1v) is 9.40. The van der Waals surface area contributed by atoms with Crippen molar-refractivity contribution in [3.8, 4) is 5.75 Å². The number of ether oxygens (including phenoxy) is 1. The van der Waals surface area contributed by atoms with Gasteiger partial charge in [0.1, 0.15) is 5.75 Å². The topological polar surface area (TPSA) is 32.8 Å². The van der Waals surface area contributed by atoms with Gasteiger partial charge in [0.15, 0.2) is 0 Å². The average Bonchev–Trinajstić information content (AvgIpc) is 3.25. The minimum absolute atomic E-state index is 0.382. The second-order valence-electron chi connectivity index (χ2n) is 7.68. The number of hydrogen-bond acceptors (Lipinski definition) is 3. The van der Waals surface area contributed by atoms with Gasteiger partial charge in [-0.15, -0.1) is 0 Å². The summed E-state index contributed by atoms with van der Waals surface area (Å²) in [6, 6.07) is 8.15. The van der Waals surface area contributed by atoms with E-state index in [2.05, 4.69) is 15.9 Å². The highest BCUT2D eigenvalue weighted by Gasteiger charge is 2.40. The van der Waals surface area contributed by atoms with Gasteiger partial charge in [-0.25, -0.2) is 0 Å². The molecule has 2 aliphatic carbocycles. The Balaban J connectivity index is 1.32. The summed E-state index contributed by atoms with van der Waals surface area (Å²) >= 11 is 0. The van der Waals surface area contributed by atoms with Crippen LogP contribution < -0.4 is 9.64 Å². The van der Waals surface area contributed by atoms with Crippen LogP contribution in [0.3, 0.4) is 0 Å². The molecule has 2 saturated carbocycles. The summed E-state index contributed by atoms with van der Waals surface area (Å²) in [5.74, 6) is 3.74. The molecule has 0 N–H and O–H groups in total. The van der Waals surface area contributed by atoms with Gasteiger partial charge in [0.05, 0.1) is 12.8 Å². The zero-order valence-corrected chi connectivity index (χ0v) is 14.6. The summed E-state index contributed by atoms with van der Waals surface area (Å²) in [6.07, 6.45) is 6.25. The Hall–Kier alpha value is -1.71. The number of rotatable bonds is 4. The second kappa shape index (κ2) is 6.66. The fraction of sp³-hybridized carbons (Fsp3) is 0.650. The Kier molecular flexibility index (Phi) is 4.38. The van der Waals surface area contributed by atoms with Gasteiger partial charge in [-0.05, 0) is 49.1 Å². The zero-order valence-electron chi connectivity index (χ0n) is 14.6. The Bertz CT molecular complexity index is 595. The number of benzene rings is 1. The molecule has 1 heterocycles. The van der Waals surface area contributed by atoms with Crippen molar-refractivity contribution in [2.45, 2.75) is 32.1 Å². The van der Waals surface area contributed by atoms with E-state index in [1.165, 1.54) is 25.7 Å². The predicted octanol–water partition coefficient (Wildman–Crippen LogP) is 3.17. The molecule has 3 fully saturated rings. The third-order valence-electron chi connectivity index (χ3n) is 6.38. The highest BCUT2D eigenvalue weighted by atomic mass is 16.5. The van der Waals surface area contributed by atoms with Crippen molar-refractivity contribution >= 4 is 11.6 Å². The first-order valence-electron chi connectivity index (χ1n) is 9.40. The molecular weight excluding hydrogens is 300 g/mol. The lowest BCUT2D eigenvalue weighted by Gasteiger charge is -2.37. The summed E-state index contributed by atoms with van der Waals surface area (Å²) in [6.45, 7) is 3.45. The SMILES string of the molecule is COc1ccccc1N1CCN(C(=O)C[C@H]2C[C@H]3CC[C@@H]2C3)CC1. The van der Waals surface area contributed by atoms with Crippen LogP contribution in [-0.4, -0.2) is 44.1 Å². The third kappa shape index (κ3) is 2.99. The quantitative estimate of drug-likeness (QED) is 0.851. The lowest BCUT2D eigenvalue weighted by molar-refractivity contribution is -0.132. The summed E-state index contributed by atoms with van der Waals surface area (Å²) in [4.78, 5) is 17.1. The van der Waals surface area contributed by atoms with Crippen molar-refractivity contribution in [3.05, 3.63) is 24.3 Å². The number of para-hydroxylation sites is 2. The van der Waals surface area contributed by atoms with E-state index < -0.39 is 0 Å². The van der Waals surface area contributed by atoms with Crippen molar-refractivity contribution in [1.29, 1.82) is 0 Å². The van der Waals surface area contributed by atoms with Crippen molar-refractivity contribution in [3.63, 3.8) is 0 Å². The van der Waals surface area contributed by atoms with Gasteiger partial charge in [0.2, 0.25) is 5.91 Å². The lowest BCUT2D eigenvalue weighted by Crippen LogP contribution is -2.49. The number of fused-ring (bicyclic) bond motifs is 2. The van der Waals surface area contributed by atoms with E-state index in [1.54, 1.807) is 7.11 Å². The molecule has 0 aromatic heterocycles. The molecule has 0 spiro atoms. The first kappa shape index (κ1) is 15.8. The zero-order chi connectivity index (χ0) is 16.5. The summed E-state index contributed by atoms with van der Waals surface area (Å²) in [7, 11) is 1.72. The van der Waals surface area contributed by atoms with Crippen LogP contribution in [0.25, 0.3) is 0 Å². The summed E-state index contributed by atoms with van der Waals surface area (Å²) in [5, 5.41) is 0. The van der Waals surface area contributed by atoms with E-state index in [1.807, 2.05) is 18.2 Å². The number of piperazine rings is 1. The van der Waals surface area contributed by atoms with Crippen LogP contribution in [0, 0.1) is 17.8 Å². The van der Waals surface area contributed by atoms with Gasteiger partial charge in [-0.2, -0.15) is 0 Å². The van der Waals surface area contributed by atoms with E-state index in [0.29, 0.717) is 11.8 Å². The van der Waals surface area contributed by atoms with Gasteiger partial charge < -0.3 is 14.5 Å². The predicted molar refractivity (Wildman–Crippen MR) is 95.3 cm³/mol. The van der Waals surface area contributed by atoms with E-state index in [4.69, 9.17) is 4.74 Å².